The number of halogens is 1. The van der Waals surface area contributed by atoms with E-state index in [0.29, 0.717) is 17.5 Å². The van der Waals surface area contributed by atoms with Crippen LogP contribution in [0, 0.1) is 0 Å². The van der Waals surface area contributed by atoms with E-state index in [9.17, 15) is 0 Å². The van der Waals surface area contributed by atoms with Crippen molar-refractivity contribution in [2.75, 3.05) is 0 Å². The highest BCUT2D eigenvalue weighted by Gasteiger charge is 1.94. The fraction of sp³-hybridized carbons (Fsp3) is 0.625. The first-order chi connectivity index (χ1) is 4.52. The van der Waals surface area contributed by atoms with E-state index in [0.717, 1.165) is 5.71 Å². The van der Waals surface area contributed by atoms with Crippen molar-refractivity contribution in [1.29, 1.82) is 0 Å². The third-order valence-electron chi connectivity index (χ3n) is 0.926. The van der Waals surface area contributed by atoms with Crippen LogP contribution in [0.2, 0.25) is 0 Å². The molecule has 0 aliphatic rings. The molecule has 0 fully saturated rings. The normalized spacial score (nSPS) is 12.3. The van der Waals surface area contributed by atoms with Gasteiger partial charge in [0.15, 0.2) is 0 Å². The number of nitrogens with zero attached hydrogens (tertiary/aromatic N) is 1. The van der Waals surface area contributed by atoms with Gasteiger partial charge >= 0.3 is 0 Å². The summed E-state index contributed by atoms with van der Waals surface area (Å²) in [7, 11) is 0. The Kier molecular flexibility index (Phi) is 4.37. The van der Waals surface area contributed by atoms with E-state index in [1.807, 2.05) is 20.8 Å². The number of hydrogen-bond acceptors (Lipinski definition) is 1. The Morgan fingerprint density at radius 1 is 1.60 bits per heavy atom. The summed E-state index contributed by atoms with van der Waals surface area (Å²) >= 11 is 5.58. The van der Waals surface area contributed by atoms with Crippen LogP contribution in [-0.4, -0.2) is 11.8 Å². The lowest BCUT2D eigenvalue weighted by atomic mass is 10.3. The molecule has 58 valence electrons. The number of aliphatic imine (C=N–C) groups is 1. The number of rotatable bonds is 3. The molecular weight excluding hydrogens is 146 g/mol. The van der Waals surface area contributed by atoms with Crippen LogP contribution in [0.1, 0.15) is 27.2 Å². The van der Waals surface area contributed by atoms with Crippen LogP contribution < -0.4 is 0 Å². The molecular formula is C8H14ClN. The second kappa shape index (κ2) is 4.51. The summed E-state index contributed by atoms with van der Waals surface area (Å²) in [6.45, 7) is 9.64. The van der Waals surface area contributed by atoms with Gasteiger partial charge in [0.05, 0.1) is 0 Å². The van der Waals surface area contributed by atoms with E-state index < -0.39 is 0 Å². The van der Waals surface area contributed by atoms with Crippen molar-refractivity contribution in [2.45, 2.75) is 33.2 Å². The van der Waals surface area contributed by atoms with Crippen LogP contribution in [0.5, 0.6) is 0 Å². The maximum Gasteiger partial charge on any atom is 0.0442 e. The summed E-state index contributed by atoms with van der Waals surface area (Å²) in [4.78, 5) is 4.29. The molecule has 0 radical (unpaired) electrons. The number of hydrogen-bond donors (Lipinski definition) is 0. The molecule has 0 rings (SSSR count). The minimum Gasteiger partial charge on any atom is -0.291 e. The summed E-state index contributed by atoms with van der Waals surface area (Å²) in [5.41, 5.74) is 1.05. The zero-order valence-corrected chi connectivity index (χ0v) is 7.57. The van der Waals surface area contributed by atoms with Gasteiger partial charge in [-0.05, 0) is 20.8 Å². The molecule has 0 saturated heterocycles. The summed E-state index contributed by atoms with van der Waals surface area (Å²) in [5.74, 6) is 0. The lowest BCUT2D eigenvalue weighted by Gasteiger charge is -2.00. The minimum atomic E-state index is 0.357. The van der Waals surface area contributed by atoms with Crippen molar-refractivity contribution in [3.8, 4) is 0 Å². The average Bonchev–Trinajstić information content (AvgIpc) is 1.58. The Labute approximate surface area is 67.8 Å². The first-order valence-corrected chi connectivity index (χ1v) is 3.76. The van der Waals surface area contributed by atoms with Gasteiger partial charge < -0.3 is 0 Å². The van der Waals surface area contributed by atoms with Crippen LogP contribution >= 0.6 is 11.6 Å². The molecule has 0 aliphatic carbocycles. The molecule has 0 aromatic rings. The molecule has 0 heterocycles. The van der Waals surface area contributed by atoms with Crippen LogP contribution in [0.25, 0.3) is 0 Å². The van der Waals surface area contributed by atoms with Gasteiger partial charge in [0, 0.05) is 23.2 Å². The fourth-order valence-electron chi connectivity index (χ4n) is 0.764. The molecule has 0 saturated carbocycles. The Hall–Kier alpha value is -0.300. The molecule has 2 heteroatoms. The van der Waals surface area contributed by atoms with Crippen LogP contribution in [-0.2, 0) is 0 Å². The van der Waals surface area contributed by atoms with Gasteiger partial charge in [0.25, 0.3) is 0 Å². The molecule has 0 spiro atoms. The standard InChI is InChI=1S/C8H14ClN/c1-6(2)10-8(4)5-7(3)9/h6H,3,5H2,1-2,4H3. The van der Waals surface area contributed by atoms with Gasteiger partial charge in [0.2, 0.25) is 0 Å². The highest BCUT2D eigenvalue weighted by Crippen LogP contribution is 2.05. The first-order valence-electron chi connectivity index (χ1n) is 3.39. The molecule has 0 aromatic heterocycles. The minimum absolute atomic E-state index is 0.357. The lowest BCUT2D eigenvalue weighted by Crippen LogP contribution is -1.97. The maximum atomic E-state index is 5.58. The Morgan fingerprint density at radius 2 is 2.10 bits per heavy atom. The molecule has 0 atom stereocenters. The highest BCUT2D eigenvalue weighted by molar-refractivity contribution is 6.30. The predicted molar refractivity (Wildman–Crippen MR) is 47.9 cm³/mol. The van der Waals surface area contributed by atoms with E-state index in [1.165, 1.54) is 0 Å². The van der Waals surface area contributed by atoms with E-state index in [1.54, 1.807) is 0 Å². The van der Waals surface area contributed by atoms with Gasteiger partial charge in [-0.3, -0.25) is 4.99 Å². The second-order valence-corrected chi connectivity index (χ2v) is 3.19. The highest BCUT2D eigenvalue weighted by atomic mass is 35.5. The Bertz CT molecular complexity index is 147. The molecule has 0 aliphatic heterocycles. The van der Waals surface area contributed by atoms with Crippen molar-refractivity contribution < 1.29 is 0 Å². The second-order valence-electron chi connectivity index (χ2n) is 2.65. The van der Waals surface area contributed by atoms with Crippen molar-refractivity contribution in [3.63, 3.8) is 0 Å². The van der Waals surface area contributed by atoms with Gasteiger partial charge in [-0.15, -0.1) is 0 Å². The fourth-order valence-corrected chi connectivity index (χ4v) is 0.957. The first kappa shape index (κ1) is 9.70. The Balaban J connectivity index is 3.82. The summed E-state index contributed by atoms with van der Waals surface area (Å²) < 4.78 is 0. The molecule has 1 nitrogen and oxygen atoms in total. The smallest absolute Gasteiger partial charge is 0.0442 e. The molecule has 0 aromatic carbocycles. The topological polar surface area (TPSA) is 12.4 Å². The monoisotopic (exact) mass is 159 g/mol. The SMILES string of the molecule is C=C(Cl)CC(C)=NC(C)C. The van der Waals surface area contributed by atoms with E-state index >= 15 is 0 Å². The van der Waals surface area contributed by atoms with Crippen molar-refractivity contribution >= 4 is 17.3 Å². The van der Waals surface area contributed by atoms with Gasteiger partial charge in [-0.25, -0.2) is 0 Å². The third-order valence-corrected chi connectivity index (χ3v) is 1.06. The summed E-state index contributed by atoms with van der Waals surface area (Å²) in [6, 6.07) is 0.357. The van der Waals surface area contributed by atoms with E-state index in [-0.39, 0.29) is 0 Å². The van der Waals surface area contributed by atoms with Gasteiger partial charge in [-0.1, -0.05) is 18.2 Å². The zero-order valence-electron chi connectivity index (χ0n) is 6.82. The van der Waals surface area contributed by atoms with Crippen molar-refractivity contribution in [3.05, 3.63) is 11.6 Å². The van der Waals surface area contributed by atoms with Crippen molar-refractivity contribution in [1.82, 2.24) is 0 Å². The van der Waals surface area contributed by atoms with Crippen LogP contribution in [0.15, 0.2) is 16.6 Å². The molecule has 0 bridgehead atoms. The lowest BCUT2D eigenvalue weighted by molar-refractivity contribution is 0.831. The molecule has 0 amide bonds. The molecule has 0 N–H and O–H groups in total. The van der Waals surface area contributed by atoms with E-state index in [4.69, 9.17) is 11.6 Å². The Morgan fingerprint density at radius 3 is 2.40 bits per heavy atom. The average molecular weight is 160 g/mol. The van der Waals surface area contributed by atoms with Crippen molar-refractivity contribution in [2.24, 2.45) is 4.99 Å². The molecule has 0 unspecified atom stereocenters. The quantitative estimate of drug-likeness (QED) is 0.562. The molecule has 10 heavy (non-hydrogen) atoms. The van der Waals surface area contributed by atoms with Gasteiger partial charge in [0.1, 0.15) is 0 Å². The van der Waals surface area contributed by atoms with E-state index in [2.05, 4.69) is 11.6 Å². The van der Waals surface area contributed by atoms with Crippen LogP contribution in [0.3, 0.4) is 0 Å². The number of allylic oxidation sites excluding steroid dienone is 1. The summed E-state index contributed by atoms with van der Waals surface area (Å²) in [5, 5.41) is 0.655. The zero-order chi connectivity index (χ0) is 8.15. The maximum absolute atomic E-state index is 5.58. The van der Waals surface area contributed by atoms with Gasteiger partial charge in [-0.2, -0.15) is 0 Å². The van der Waals surface area contributed by atoms with Crippen LogP contribution in [0.4, 0.5) is 0 Å². The predicted octanol–water partition coefficient (Wildman–Crippen LogP) is 3.00. The summed E-state index contributed by atoms with van der Waals surface area (Å²) in [6.07, 6.45) is 0.708. The largest absolute Gasteiger partial charge is 0.291 e. The third kappa shape index (κ3) is 5.83.